The largest absolute Gasteiger partial charge is 0.478 e. The molecule has 6 nitrogen and oxygen atoms in total. The number of hydrogen-bond acceptors (Lipinski definition) is 4. The highest BCUT2D eigenvalue weighted by Gasteiger charge is 2.23. The Labute approximate surface area is 163 Å². The molecule has 0 saturated carbocycles. The summed E-state index contributed by atoms with van der Waals surface area (Å²) < 4.78 is 6.78. The normalized spacial score (nSPS) is 10.6. The van der Waals surface area contributed by atoms with Gasteiger partial charge in [0.1, 0.15) is 0 Å². The molecule has 1 rings (SSSR count). The zero-order valence-corrected chi connectivity index (χ0v) is 17.6. The Morgan fingerprint density at radius 1 is 1.24 bits per heavy atom. The number of hydrogen-bond donors (Lipinski definition) is 3. The fourth-order valence-electron chi connectivity index (χ4n) is 1.50. The molecule has 116 valence electrons. The van der Waals surface area contributed by atoms with E-state index in [9.17, 15) is 14.7 Å². The summed E-state index contributed by atoms with van der Waals surface area (Å²) in [7, 11) is 0. The second kappa shape index (κ2) is 7.99. The quantitative estimate of drug-likeness (QED) is 0.350. The molecule has 0 aromatic heterocycles. The van der Waals surface area contributed by atoms with Gasteiger partial charge in [0.15, 0.2) is 0 Å². The zero-order valence-electron chi connectivity index (χ0n) is 11.2. The van der Waals surface area contributed by atoms with Crippen LogP contribution in [0.3, 0.4) is 0 Å². The van der Waals surface area contributed by atoms with Crippen LogP contribution in [0.1, 0.15) is 29.8 Å². The molecule has 0 heterocycles. The summed E-state index contributed by atoms with van der Waals surface area (Å²) in [5.41, 5.74) is 7.19. The van der Waals surface area contributed by atoms with E-state index in [2.05, 4.69) is 5.32 Å². The highest BCUT2D eigenvalue weighted by Crippen LogP contribution is 2.33. The fourth-order valence-corrected chi connectivity index (χ4v) is 5.51. The maximum Gasteiger partial charge on any atom is 0.407 e. The number of benzene rings is 1. The van der Waals surface area contributed by atoms with Crippen LogP contribution >= 0.6 is 67.8 Å². The third-order valence-corrected chi connectivity index (χ3v) is 5.95. The molecule has 0 aliphatic carbocycles. The second-order valence-electron chi connectivity index (χ2n) is 4.32. The summed E-state index contributed by atoms with van der Waals surface area (Å²) in [4.78, 5) is 22.9. The van der Waals surface area contributed by atoms with Gasteiger partial charge in [0, 0.05) is 19.2 Å². The molecule has 1 aromatic carbocycles. The first-order valence-corrected chi connectivity index (χ1v) is 9.03. The van der Waals surface area contributed by atoms with E-state index in [0.29, 0.717) is 18.4 Å². The van der Waals surface area contributed by atoms with Crippen LogP contribution in [0.25, 0.3) is 0 Å². The van der Waals surface area contributed by atoms with E-state index in [1.54, 1.807) is 13.8 Å². The minimum atomic E-state index is -1.04. The van der Waals surface area contributed by atoms with Gasteiger partial charge in [0.05, 0.1) is 20.9 Å². The summed E-state index contributed by atoms with van der Waals surface area (Å²) in [6.45, 7) is 3.65. The minimum Gasteiger partial charge on any atom is -0.478 e. The standard InChI is InChI=1S/C12H13I3N2O4/c1-4(2)21-12(20)17-3-5-7(13)6(11(18)19)9(15)10(16)8(5)14/h4H,3,16H2,1-2H3,(H,17,20)(H,18,19). The lowest BCUT2D eigenvalue weighted by Gasteiger charge is -2.16. The highest BCUT2D eigenvalue weighted by atomic mass is 127. The molecule has 21 heavy (non-hydrogen) atoms. The Morgan fingerprint density at radius 3 is 2.29 bits per heavy atom. The van der Waals surface area contributed by atoms with Crippen LogP contribution < -0.4 is 11.1 Å². The Kier molecular flexibility index (Phi) is 7.23. The van der Waals surface area contributed by atoms with Crippen molar-refractivity contribution in [3.05, 3.63) is 21.8 Å². The monoisotopic (exact) mass is 630 g/mol. The number of rotatable bonds is 4. The van der Waals surface area contributed by atoms with Gasteiger partial charge in [-0.2, -0.15) is 0 Å². The number of carboxylic acid groups (broad SMARTS) is 1. The third-order valence-electron chi connectivity index (χ3n) is 2.41. The van der Waals surface area contributed by atoms with E-state index in [-0.39, 0.29) is 18.2 Å². The topological polar surface area (TPSA) is 102 Å². The van der Waals surface area contributed by atoms with Gasteiger partial charge >= 0.3 is 12.1 Å². The average Bonchev–Trinajstić information content (AvgIpc) is 2.35. The predicted molar refractivity (Wildman–Crippen MR) is 104 cm³/mol. The predicted octanol–water partition coefficient (Wildman–Crippen LogP) is 3.42. The van der Waals surface area contributed by atoms with Crippen LogP contribution in [0, 0.1) is 10.7 Å². The summed E-state index contributed by atoms with van der Waals surface area (Å²) in [5, 5.41) is 11.9. The number of nitrogens with two attached hydrogens (primary N) is 1. The van der Waals surface area contributed by atoms with Crippen LogP contribution in [-0.4, -0.2) is 23.3 Å². The molecule has 0 aliphatic heterocycles. The van der Waals surface area contributed by atoms with Crippen LogP contribution in [0.5, 0.6) is 0 Å². The molecule has 9 heteroatoms. The molecule has 0 spiro atoms. The first kappa shape index (κ1) is 19.0. The van der Waals surface area contributed by atoms with Crippen LogP contribution in [0.15, 0.2) is 0 Å². The number of nitrogens with one attached hydrogen (secondary N) is 1. The number of anilines is 1. The Bertz CT molecular complexity index is 591. The van der Waals surface area contributed by atoms with Crippen molar-refractivity contribution in [2.75, 3.05) is 5.73 Å². The number of ether oxygens (including phenoxy) is 1. The number of amides is 1. The number of carbonyl (C=O) groups excluding carboxylic acids is 1. The Hall–Kier alpha value is -0.0500. The Balaban J connectivity index is 3.13. The van der Waals surface area contributed by atoms with Gasteiger partial charge in [-0.05, 0) is 81.6 Å². The zero-order chi connectivity index (χ0) is 16.3. The summed E-state index contributed by atoms with van der Waals surface area (Å²) in [6.07, 6.45) is -0.773. The molecule has 0 atom stereocenters. The van der Waals surface area contributed by atoms with Crippen molar-refractivity contribution in [2.45, 2.75) is 26.5 Å². The lowest BCUT2D eigenvalue weighted by Crippen LogP contribution is -2.27. The van der Waals surface area contributed by atoms with Gasteiger partial charge in [0.2, 0.25) is 0 Å². The number of nitrogen functional groups attached to an aromatic ring is 1. The molecule has 0 aliphatic rings. The number of aromatic carboxylic acids is 1. The van der Waals surface area contributed by atoms with E-state index < -0.39 is 12.1 Å². The average molecular weight is 630 g/mol. The van der Waals surface area contributed by atoms with Crippen molar-refractivity contribution in [3.8, 4) is 0 Å². The number of alkyl carbamates (subject to hydrolysis) is 1. The van der Waals surface area contributed by atoms with Gasteiger partial charge < -0.3 is 20.9 Å². The smallest absolute Gasteiger partial charge is 0.407 e. The minimum absolute atomic E-state index is 0.156. The van der Waals surface area contributed by atoms with Gasteiger partial charge in [-0.3, -0.25) is 0 Å². The first-order valence-electron chi connectivity index (χ1n) is 5.79. The van der Waals surface area contributed by atoms with E-state index in [4.69, 9.17) is 10.5 Å². The highest BCUT2D eigenvalue weighted by molar-refractivity contribution is 14.1. The molecular weight excluding hydrogens is 617 g/mol. The van der Waals surface area contributed by atoms with Crippen molar-refractivity contribution < 1.29 is 19.4 Å². The molecule has 0 fully saturated rings. The lowest BCUT2D eigenvalue weighted by atomic mass is 10.1. The van der Waals surface area contributed by atoms with Crippen LogP contribution in [-0.2, 0) is 11.3 Å². The van der Waals surface area contributed by atoms with E-state index in [0.717, 1.165) is 3.57 Å². The van der Waals surface area contributed by atoms with Crippen molar-refractivity contribution in [1.82, 2.24) is 5.32 Å². The molecule has 4 N–H and O–H groups in total. The molecular formula is C12H13I3N2O4. The van der Waals surface area contributed by atoms with Crippen LogP contribution in [0.2, 0.25) is 0 Å². The maximum absolute atomic E-state index is 11.5. The van der Waals surface area contributed by atoms with E-state index in [1.807, 2.05) is 67.8 Å². The SMILES string of the molecule is CC(C)OC(=O)NCc1c(I)c(N)c(I)c(C(=O)O)c1I. The molecule has 0 bridgehead atoms. The molecule has 0 radical (unpaired) electrons. The van der Waals surface area contributed by atoms with Crippen molar-refractivity contribution in [1.29, 1.82) is 0 Å². The fraction of sp³-hybridized carbons (Fsp3) is 0.333. The molecule has 0 saturated heterocycles. The first-order chi connectivity index (χ1) is 9.66. The summed E-state index contributed by atoms with van der Waals surface area (Å²) in [6, 6.07) is 0. The van der Waals surface area contributed by atoms with Crippen molar-refractivity contribution in [3.63, 3.8) is 0 Å². The van der Waals surface area contributed by atoms with E-state index in [1.165, 1.54) is 0 Å². The van der Waals surface area contributed by atoms with Crippen molar-refractivity contribution >= 4 is 85.5 Å². The second-order valence-corrected chi connectivity index (χ2v) is 7.56. The van der Waals surface area contributed by atoms with Crippen LogP contribution in [0.4, 0.5) is 10.5 Å². The molecule has 1 aromatic rings. The maximum atomic E-state index is 11.5. The van der Waals surface area contributed by atoms with Gasteiger partial charge in [-0.25, -0.2) is 9.59 Å². The van der Waals surface area contributed by atoms with Gasteiger partial charge in [-0.15, -0.1) is 0 Å². The van der Waals surface area contributed by atoms with Crippen molar-refractivity contribution in [2.24, 2.45) is 0 Å². The number of carbonyl (C=O) groups is 2. The number of halogens is 3. The summed E-state index contributed by atoms with van der Waals surface area (Å²) >= 11 is 5.93. The Morgan fingerprint density at radius 2 is 1.81 bits per heavy atom. The number of carboxylic acids is 1. The summed E-state index contributed by atoms with van der Waals surface area (Å²) in [5.74, 6) is -1.04. The lowest BCUT2D eigenvalue weighted by molar-refractivity contribution is 0.0694. The third kappa shape index (κ3) is 4.71. The van der Waals surface area contributed by atoms with Gasteiger partial charge in [0.25, 0.3) is 0 Å². The van der Waals surface area contributed by atoms with E-state index >= 15 is 0 Å². The molecule has 1 amide bonds. The van der Waals surface area contributed by atoms with Gasteiger partial charge in [-0.1, -0.05) is 0 Å². The molecule has 0 unspecified atom stereocenters.